The maximum atomic E-state index is 12.5. The van der Waals surface area contributed by atoms with Crippen LogP contribution in [0.3, 0.4) is 0 Å². The second kappa shape index (κ2) is 8.73. The molecule has 1 amide bonds. The zero-order valence-electron chi connectivity index (χ0n) is 16.9. The fourth-order valence-electron chi connectivity index (χ4n) is 3.63. The number of carbonyl (C=O) groups excluding carboxylic acids is 2. The van der Waals surface area contributed by atoms with Gasteiger partial charge in [-0.25, -0.2) is 9.78 Å². The number of rotatable bonds is 8. The van der Waals surface area contributed by atoms with Crippen molar-refractivity contribution in [2.75, 3.05) is 6.61 Å². The standard InChI is InChI=1S/C24H19N3O5/c25-23(31)22(30)18-13-27(19-10-11-26-24(21(18)19)32-14-20(28)29)12-16-8-4-5-9-17(16)15-6-2-1-3-7-15/h1-11,13H,12,14H2,(H2,25,31)(H,28,29). The number of carbonyl (C=O) groups is 3. The molecule has 0 bridgehead atoms. The Balaban J connectivity index is 1.84. The first-order valence-corrected chi connectivity index (χ1v) is 9.75. The maximum absolute atomic E-state index is 12.5. The van der Waals surface area contributed by atoms with Crippen LogP contribution in [0.5, 0.6) is 5.88 Å². The van der Waals surface area contributed by atoms with Crippen LogP contribution in [0.1, 0.15) is 15.9 Å². The van der Waals surface area contributed by atoms with Crippen molar-refractivity contribution in [3.05, 3.63) is 84.2 Å². The number of ketones is 1. The Hall–Kier alpha value is -4.46. The lowest BCUT2D eigenvalue weighted by Gasteiger charge is -2.12. The molecule has 0 atom stereocenters. The summed E-state index contributed by atoms with van der Waals surface area (Å²) < 4.78 is 7.07. The largest absolute Gasteiger partial charge is 0.479 e. The number of benzene rings is 2. The van der Waals surface area contributed by atoms with Gasteiger partial charge in [-0.2, -0.15) is 0 Å². The Morgan fingerprint density at radius 3 is 2.44 bits per heavy atom. The monoisotopic (exact) mass is 429 g/mol. The van der Waals surface area contributed by atoms with Gasteiger partial charge < -0.3 is 20.1 Å². The minimum Gasteiger partial charge on any atom is -0.479 e. The minimum absolute atomic E-state index is 0.0122. The summed E-state index contributed by atoms with van der Waals surface area (Å²) in [7, 11) is 0. The summed E-state index contributed by atoms with van der Waals surface area (Å²) in [5.74, 6) is -3.27. The average molecular weight is 429 g/mol. The lowest BCUT2D eigenvalue weighted by molar-refractivity contribution is -0.139. The molecular weight excluding hydrogens is 410 g/mol. The van der Waals surface area contributed by atoms with Gasteiger partial charge in [0, 0.05) is 18.9 Å². The van der Waals surface area contributed by atoms with Crippen molar-refractivity contribution in [2.24, 2.45) is 5.73 Å². The van der Waals surface area contributed by atoms with Gasteiger partial charge in [0.2, 0.25) is 5.88 Å². The average Bonchev–Trinajstić information content (AvgIpc) is 3.17. The van der Waals surface area contributed by atoms with Crippen LogP contribution in [-0.4, -0.2) is 38.9 Å². The molecule has 0 unspecified atom stereocenters. The van der Waals surface area contributed by atoms with Crippen molar-refractivity contribution in [1.82, 2.24) is 9.55 Å². The molecule has 0 fully saturated rings. The SMILES string of the molecule is NC(=O)C(=O)c1cn(Cc2ccccc2-c2ccccc2)c2ccnc(OCC(=O)O)c12. The van der Waals surface area contributed by atoms with Gasteiger partial charge in [-0.1, -0.05) is 54.6 Å². The maximum Gasteiger partial charge on any atom is 0.341 e. The number of amides is 1. The van der Waals surface area contributed by atoms with E-state index in [4.69, 9.17) is 15.6 Å². The highest BCUT2D eigenvalue weighted by molar-refractivity contribution is 6.44. The lowest BCUT2D eigenvalue weighted by atomic mass is 10.00. The number of pyridine rings is 1. The Morgan fingerprint density at radius 2 is 1.72 bits per heavy atom. The molecule has 0 radical (unpaired) electrons. The summed E-state index contributed by atoms with van der Waals surface area (Å²) in [6.45, 7) is -0.256. The molecule has 0 saturated heterocycles. The number of fused-ring (bicyclic) bond motifs is 1. The van der Waals surface area contributed by atoms with Gasteiger partial charge in [-0.3, -0.25) is 9.59 Å². The molecule has 0 saturated carbocycles. The van der Waals surface area contributed by atoms with Gasteiger partial charge in [0.05, 0.1) is 16.5 Å². The van der Waals surface area contributed by atoms with E-state index in [1.165, 1.54) is 12.4 Å². The highest BCUT2D eigenvalue weighted by Gasteiger charge is 2.23. The van der Waals surface area contributed by atoms with Crippen LogP contribution in [0.25, 0.3) is 22.0 Å². The van der Waals surface area contributed by atoms with Crippen LogP contribution in [-0.2, 0) is 16.1 Å². The van der Waals surface area contributed by atoms with Gasteiger partial charge in [-0.15, -0.1) is 0 Å². The Bertz CT molecular complexity index is 1330. The molecule has 2 aromatic carbocycles. The van der Waals surface area contributed by atoms with Gasteiger partial charge in [0.1, 0.15) is 0 Å². The second-order valence-electron chi connectivity index (χ2n) is 7.08. The van der Waals surface area contributed by atoms with E-state index >= 15 is 0 Å². The predicted octanol–water partition coefficient (Wildman–Crippen LogP) is 2.88. The molecule has 4 rings (SSSR count). The summed E-state index contributed by atoms with van der Waals surface area (Å²) >= 11 is 0. The third-order valence-corrected chi connectivity index (χ3v) is 5.00. The molecule has 0 spiro atoms. The van der Waals surface area contributed by atoms with Crippen molar-refractivity contribution in [3.63, 3.8) is 0 Å². The first kappa shape index (κ1) is 20.8. The molecule has 0 aliphatic heterocycles. The van der Waals surface area contributed by atoms with E-state index in [0.717, 1.165) is 16.7 Å². The molecule has 0 aliphatic rings. The number of hydrogen-bond acceptors (Lipinski definition) is 5. The van der Waals surface area contributed by atoms with Crippen LogP contribution in [0.2, 0.25) is 0 Å². The van der Waals surface area contributed by atoms with Crippen molar-refractivity contribution >= 4 is 28.6 Å². The highest BCUT2D eigenvalue weighted by atomic mass is 16.5. The highest BCUT2D eigenvalue weighted by Crippen LogP contribution is 2.31. The van der Waals surface area contributed by atoms with Crippen molar-refractivity contribution in [2.45, 2.75) is 6.54 Å². The number of carboxylic acid groups (broad SMARTS) is 1. The van der Waals surface area contributed by atoms with E-state index in [-0.39, 0.29) is 16.8 Å². The van der Waals surface area contributed by atoms with Gasteiger partial charge in [0.15, 0.2) is 6.61 Å². The fourth-order valence-corrected chi connectivity index (χ4v) is 3.63. The number of nitrogens with zero attached hydrogens (tertiary/aromatic N) is 2. The molecule has 2 aromatic heterocycles. The van der Waals surface area contributed by atoms with Crippen LogP contribution in [0.15, 0.2) is 73.1 Å². The van der Waals surface area contributed by atoms with Crippen LogP contribution < -0.4 is 10.5 Å². The number of carboxylic acids is 1. The third-order valence-electron chi connectivity index (χ3n) is 5.00. The van der Waals surface area contributed by atoms with Crippen LogP contribution >= 0.6 is 0 Å². The third kappa shape index (κ3) is 4.06. The van der Waals surface area contributed by atoms with E-state index in [1.54, 1.807) is 10.6 Å². The molecular formula is C24H19N3O5. The predicted molar refractivity (Wildman–Crippen MR) is 117 cm³/mol. The first-order chi connectivity index (χ1) is 15.5. The minimum atomic E-state index is -1.19. The molecule has 32 heavy (non-hydrogen) atoms. The van der Waals surface area contributed by atoms with Gasteiger partial charge in [0.25, 0.3) is 11.7 Å². The number of Topliss-reactive ketones (excluding diaryl/α,β-unsaturated/α-hetero) is 1. The summed E-state index contributed by atoms with van der Waals surface area (Å²) in [6.07, 6.45) is 2.98. The second-order valence-corrected chi connectivity index (χ2v) is 7.08. The van der Waals surface area contributed by atoms with E-state index in [2.05, 4.69) is 4.98 Å². The first-order valence-electron chi connectivity index (χ1n) is 9.75. The lowest BCUT2D eigenvalue weighted by Crippen LogP contribution is -2.23. The topological polar surface area (TPSA) is 125 Å². The number of primary amides is 1. The van der Waals surface area contributed by atoms with Crippen molar-refractivity contribution < 1.29 is 24.2 Å². The number of aromatic nitrogens is 2. The number of ether oxygens (including phenoxy) is 1. The Morgan fingerprint density at radius 1 is 1.00 bits per heavy atom. The fraction of sp³-hybridized carbons (Fsp3) is 0.0833. The molecule has 4 aromatic rings. The molecule has 8 heteroatoms. The number of nitrogens with two attached hydrogens (primary N) is 1. The normalized spacial score (nSPS) is 10.8. The van der Waals surface area contributed by atoms with E-state index < -0.39 is 24.3 Å². The van der Waals surface area contributed by atoms with Gasteiger partial charge >= 0.3 is 5.97 Å². The van der Waals surface area contributed by atoms with Crippen LogP contribution in [0.4, 0.5) is 0 Å². The summed E-state index contributed by atoms with van der Waals surface area (Å²) in [4.78, 5) is 39.2. The van der Waals surface area contributed by atoms with E-state index in [1.807, 2.05) is 54.6 Å². The zero-order chi connectivity index (χ0) is 22.7. The number of aliphatic carboxylic acids is 1. The van der Waals surface area contributed by atoms with Crippen LogP contribution in [0, 0.1) is 0 Å². The molecule has 0 aliphatic carbocycles. The van der Waals surface area contributed by atoms with Gasteiger partial charge in [-0.05, 0) is 22.8 Å². The smallest absolute Gasteiger partial charge is 0.341 e. The quantitative estimate of drug-likeness (QED) is 0.328. The van der Waals surface area contributed by atoms with Crippen molar-refractivity contribution in [3.8, 4) is 17.0 Å². The summed E-state index contributed by atoms with van der Waals surface area (Å²) in [5.41, 5.74) is 8.86. The van der Waals surface area contributed by atoms with E-state index in [0.29, 0.717) is 12.1 Å². The summed E-state index contributed by atoms with van der Waals surface area (Å²) in [6, 6.07) is 19.4. The molecule has 8 nitrogen and oxygen atoms in total. The molecule has 2 heterocycles. The zero-order valence-corrected chi connectivity index (χ0v) is 16.9. The Kier molecular flexibility index (Phi) is 5.67. The molecule has 160 valence electrons. The molecule has 3 N–H and O–H groups in total. The summed E-state index contributed by atoms with van der Waals surface area (Å²) in [5, 5.41) is 9.20. The van der Waals surface area contributed by atoms with Crippen molar-refractivity contribution in [1.29, 1.82) is 0 Å². The van der Waals surface area contributed by atoms with E-state index in [9.17, 15) is 14.4 Å². The number of hydrogen-bond donors (Lipinski definition) is 2. The Labute approximate surface area is 182 Å².